The number of hydrogen-bond donors (Lipinski definition) is 3. The first kappa shape index (κ1) is 17.4. The number of amides is 1. The molecule has 0 heterocycles. The zero-order valence-corrected chi connectivity index (χ0v) is 13.9. The third-order valence-electron chi connectivity index (χ3n) is 3.42. The predicted octanol–water partition coefficient (Wildman–Crippen LogP) is 3.37. The molecule has 0 spiro atoms. The molecule has 0 radical (unpaired) electrons. The van der Waals surface area contributed by atoms with Gasteiger partial charge in [0, 0.05) is 18.4 Å². The highest BCUT2D eigenvalue weighted by molar-refractivity contribution is 6.33. The second-order valence-corrected chi connectivity index (χ2v) is 5.57. The van der Waals surface area contributed by atoms with E-state index in [9.17, 15) is 4.79 Å². The molecule has 24 heavy (non-hydrogen) atoms. The first-order chi connectivity index (χ1) is 11.5. The zero-order chi connectivity index (χ0) is 17.5. The molecule has 0 fully saturated rings. The van der Waals surface area contributed by atoms with Crippen molar-refractivity contribution in [1.29, 1.82) is 5.26 Å². The van der Waals surface area contributed by atoms with E-state index in [2.05, 4.69) is 10.6 Å². The van der Waals surface area contributed by atoms with Crippen LogP contribution >= 0.6 is 11.6 Å². The quantitative estimate of drug-likeness (QED) is 0.442. The van der Waals surface area contributed by atoms with Gasteiger partial charge in [-0.05, 0) is 36.2 Å². The Kier molecular flexibility index (Phi) is 5.83. The first-order valence-corrected chi connectivity index (χ1v) is 7.63. The number of halogens is 1. The summed E-state index contributed by atoms with van der Waals surface area (Å²) in [5.41, 5.74) is 8.71. The molecule has 2 aromatic carbocycles. The van der Waals surface area contributed by atoms with E-state index in [4.69, 9.17) is 22.6 Å². The molecule has 1 amide bonds. The van der Waals surface area contributed by atoms with E-state index in [0.717, 1.165) is 11.1 Å². The Morgan fingerprint density at radius 3 is 2.75 bits per heavy atom. The summed E-state index contributed by atoms with van der Waals surface area (Å²) in [5.74, 6) is -0.518. The van der Waals surface area contributed by atoms with Gasteiger partial charge in [-0.1, -0.05) is 35.9 Å². The van der Waals surface area contributed by atoms with Gasteiger partial charge in [-0.2, -0.15) is 5.26 Å². The SMILES string of the molecule is Cc1ccccc1CN/C=C(/C#N)C(=O)Nc1ccc(N)c(Cl)c1. The minimum absolute atomic E-state index is 0.0310. The van der Waals surface area contributed by atoms with Crippen LogP contribution in [0.1, 0.15) is 11.1 Å². The average molecular weight is 341 g/mol. The number of nitrogens with one attached hydrogen (secondary N) is 2. The summed E-state index contributed by atoms with van der Waals surface area (Å²) in [7, 11) is 0. The minimum atomic E-state index is -0.518. The predicted molar refractivity (Wildman–Crippen MR) is 96.2 cm³/mol. The molecule has 0 aliphatic carbocycles. The van der Waals surface area contributed by atoms with Crippen molar-refractivity contribution < 1.29 is 4.79 Å². The standard InChI is InChI=1S/C18H17ClN4O/c1-12-4-2-3-5-13(12)10-22-11-14(9-20)18(24)23-15-6-7-17(21)16(19)8-15/h2-8,11,22H,10,21H2,1H3,(H,23,24)/b14-11-. The van der Waals surface area contributed by atoms with Crippen molar-refractivity contribution in [1.82, 2.24) is 5.32 Å². The number of nitrogens with zero attached hydrogens (tertiary/aromatic N) is 1. The number of nitrogens with two attached hydrogens (primary N) is 1. The fourth-order valence-corrected chi connectivity index (χ4v) is 2.20. The Morgan fingerprint density at radius 1 is 1.33 bits per heavy atom. The molecule has 0 aliphatic heterocycles. The molecule has 5 nitrogen and oxygen atoms in total. The molecule has 0 aromatic heterocycles. The molecule has 0 saturated carbocycles. The van der Waals surface area contributed by atoms with Gasteiger partial charge in [0.05, 0.1) is 10.7 Å². The number of benzene rings is 2. The lowest BCUT2D eigenvalue weighted by Crippen LogP contribution is -2.16. The van der Waals surface area contributed by atoms with Crippen LogP contribution in [0, 0.1) is 18.3 Å². The lowest BCUT2D eigenvalue weighted by molar-refractivity contribution is -0.112. The normalized spacial score (nSPS) is 10.8. The zero-order valence-electron chi connectivity index (χ0n) is 13.1. The van der Waals surface area contributed by atoms with Crippen LogP contribution in [0.5, 0.6) is 0 Å². The number of hydrogen-bond acceptors (Lipinski definition) is 4. The van der Waals surface area contributed by atoms with E-state index in [0.29, 0.717) is 22.9 Å². The number of carbonyl (C=O) groups excluding carboxylic acids is 1. The van der Waals surface area contributed by atoms with Gasteiger partial charge in [0.1, 0.15) is 11.6 Å². The van der Waals surface area contributed by atoms with Crippen molar-refractivity contribution in [2.24, 2.45) is 0 Å². The Morgan fingerprint density at radius 2 is 2.08 bits per heavy atom. The van der Waals surface area contributed by atoms with E-state index in [1.165, 1.54) is 12.3 Å². The van der Waals surface area contributed by atoms with Crippen molar-refractivity contribution in [3.63, 3.8) is 0 Å². The number of carbonyl (C=O) groups is 1. The monoisotopic (exact) mass is 340 g/mol. The molecule has 4 N–H and O–H groups in total. The van der Waals surface area contributed by atoms with Gasteiger partial charge in [-0.15, -0.1) is 0 Å². The molecule has 6 heteroatoms. The van der Waals surface area contributed by atoms with Crippen LogP contribution in [0.3, 0.4) is 0 Å². The largest absolute Gasteiger partial charge is 0.398 e. The number of anilines is 2. The van der Waals surface area contributed by atoms with Crippen LogP contribution in [0.2, 0.25) is 5.02 Å². The second kappa shape index (κ2) is 8.04. The van der Waals surface area contributed by atoms with Gasteiger partial charge in [0.2, 0.25) is 0 Å². The van der Waals surface area contributed by atoms with Gasteiger partial charge in [0.25, 0.3) is 5.91 Å². The van der Waals surface area contributed by atoms with Crippen molar-refractivity contribution in [2.45, 2.75) is 13.5 Å². The molecule has 122 valence electrons. The van der Waals surface area contributed by atoms with Gasteiger partial charge in [-0.25, -0.2) is 0 Å². The minimum Gasteiger partial charge on any atom is -0.398 e. The van der Waals surface area contributed by atoms with E-state index in [1.807, 2.05) is 37.3 Å². The van der Waals surface area contributed by atoms with Crippen molar-refractivity contribution >= 4 is 28.9 Å². The van der Waals surface area contributed by atoms with E-state index >= 15 is 0 Å². The Hall–Kier alpha value is -2.97. The summed E-state index contributed by atoms with van der Waals surface area (Å²) in [5, 5.41) is 15.1. The second-order valence-electron chi connectivity index (χ2n) is 5.17. The number of nitrogen functional groups attached to an aromatic ring is 1. The van der Waals surface area contributed by atoms with Crippen molar-refractivity contribution in [2.75, 3.05) is 11.1 Å². The Labute approximate surface area is 145 Å². The molecule has 0 aliphatic rings. The first-order valence-electron chi connectivity index (χ1n) is 7.26. The average Bonchev–Trinajstić information content (AvgIpc) is 2.56. The van der Waals surface area contributed by atoms with Crippen LogP contribution in [-0.2, 0) is 11.3 Å². The Balaban J connectivity index is 2.01. The van der Waals surface area contributed by atoms with Crippen LogP contribution in [0.4, 0.5) is 11.4 Å². The van der Waals surface area contributed by atoms with Crippen LogP contribution in [0.15, 0.2) is 54.2 Å². The third kappa shape index (κ3) is 4.51. The summed E-state index contributed by atoms with van der Waals surface area (Å²) >= 11 is 5.91. The van der Waals surface area contributed by atoms with Crippen molar-refractivity contribution in [3.05, 3.63) is 70.4 Å². The molecule has 0 bridgehead atoms. The molecule has 0 saturated heterocycles. The molecule has 0 unspecified atom stereocenters. The molecule has 0 atom stereocenters. The molecular weight excluding hydrogens is 324 g/mol. The molecular formula is C18H17ClN4O. The van der Waals surface area contributed by atoms with Crippen LogP contribution in [-0.4, -0.2) is 5.91 Å². The fourth-order valence-electron chi connectivity index (χ4n) is 2.02. The maximum absolute atomic E-state index is 12.1. The highest BCUT2D eigenvalue weighted by atomic mass is 35.5. The lowest BCUT2D eigenvalue weighted by atomic mass is 10.1. The summed E-state index contributed by atoms with van der Waals surface area (Å²) in [6.07, 6.45) is 1.40. The van der Waals surface area contributed by atoms with Gasteiger partial charge >= 0.3 is 0 Å². The van der Waals surface area contributed by atoms with Crippen LogP contribution < -0.4 is 16.4 Å². The van der Waals surface area contributed by atoms with E-state index < -0.39 is 5.91 Å². The summed E-state index contributed by atoms with van der Waals surface area (Å²) < 4.78 is 0. The van der Waals surface area contributed by atoms with Gasteiger partial charge < -0.3 is 16.4 Å². The third-order valence-corrected chi connectivity index (χ3v) is 3.75. The fraction of sp³-hybridized carbons (Fsp3) is 0.111. The summed E-state index contributed by atoms with van der Waals surface area (Å²) in [4.78, 5) is 12.1. The topological polar surface area (TPSA) is 90.9 Å². The Bertz CT molecular complexity index is 824. The van der Waals surface area contributed by atoms with E-state index in [1.54, 1.807) is 12.1 Å². The number of rotatable bonds is 5. The number of aryl methyl sites for hydroxylation is 1. The number of nitriles is 1. The summed E-state index contributed by atoms with van der Waals surface area (Å²) in [6.45, 7) is 2.53. The van der Waals surface area contributed by atoms with Crippen LogP contribution in [0.25, 0.3) is 0 Å². The van der Waals surface area contributed by atoms with E-state index in [-0.39, 0.29) is 5.57 Å². The lowest BCUT2D eigenvalue weighted by Gasteiger charge is -2.07. The highest BCUT2D eigenvalue weighted by Gasteiger charge is 2.10. The summed E-state index contributed by atoms with van der Waals surface area (Å²) in [6, 6.07) is 14.5. The maximum Gasteiger partial charge on any atom is 0.267 e. The smallest absolute Gasteiger partial charge is 0.267 e. The van der Waals surface area contributed by atoms with Crippen molar-refractivity contribution in [3.8, 4) is 6.07 Å². The maximum atomic E-state index is 12.1. The van der Waals surface area contributed by atoms with Gasteiger partial charge in [-0.3, -0.25) is 4.79 Å². The van der Waals surface area contributed by atoms with Gasteiger partial charge in [0.15, 0.2) is 0 Å². The molecule has 2 rings (SSSR count). The highest BCUT2D eigenvalue weighted by Crippen LogP contribution is 2.22. The molecule has 2 aromatic rings.